The maximum absolute atomic E-state index is 11.7. The summed E-state index contributed by atoms with van der Waals surface area (Å²) in [5.41, 5.74) is 7.13. The van der Waals surface area contributed by atoms with Crippen LogP contribution in [0.1, 0.15) is 28.4 Å². The normalized spacial score (nSPS) is 16.9. The van der Waals surface area contributed by atoms with Crippen LogP contribution in [0.5, 0.6) is 11.5 Å². The molecule has 1 aromatic rings. The molecule has 1 aliphatic rings. The predicted octanol–water partition coefficient (Wildman–Crippen LogP) is 1.69. The van der Waals surface area contributed by atoms with E-state index in [4.69, 9.17) is 19.9 Å². The van der Waals surface area contributed by atoms with Gasteiger partial charge in [0.25, 0.3) is 0 Å². The lowest BCUT2D eigenvalue weighted by molar-refractivity contribution is 0.0597. The number of benzene rings is 1. The van der Waals surface area contributed by atoms with Crippen LogP contribution in [-0.2, 0) is 4.74 Å². The first-order chi connectivity index (χ1) is 8.19. The second-order valence-corrected chi connectivity index (χ2v) is 3.79. The van der Waals surface area contributed by atoms with Crippen LogP contribution in [0.3, 0.4) is 0 Å². The number of ether oxygens (including phenoxy) is 3. The van der Waals surface area contributed by atoms with Gasteiger partial charge in [0, 0.05) is 18.0 Å². The van der Waals surface area contributed by atoms with Crippen LogP contribution in [0.15, 0.2) is 12.1 Å². The largest absolute Gasteiger partial charge is 0.493 e. The zero-order valence-electron chi connectivity index (χ0n) is 10.3. The molecule has 6 heteroatoms. The van der Waals surface area contributed by atoms with Gasteiger partial charge in [-0.15, -0.1) is 12.4 Å². The third-order valence-electron chi connectivity index (χ3n) is 2.83. The molecule has 0 spiro atoms. The quantitative estimate of drug-likeness (QED) is 0.830. The zero-order chi connectivity index (χ0) is 12.4. The second-order valence-electron chi connectivity index (χ2n) is 3.79. The van der Waals surface area contributed by atoms with Gasteiger partial charge in [-0.2, -0.15) is 0 Å². The fraction of sp³-hybridized carbons (Fsp3) is 0.417. The van der Waals surface area contributed by atoms with Crippen LogP contribution in [0, 0.1) is 0 Å². The fourth-order valence-corrected chi connectivity index (χ4v) is 1.98. The van der Waals surface area contributed by atoms with Crippen molar-refractivity contribution in [3.63, 3.8) is 0 Å². The highest BCUT2D eigenvalue weighted by atomic mass is 35.5. The van der Waals surface area contributed by atoms with Gasteiger partial charge < -0.3 is 19.9 Å². The minimum absolute atomic E-state index is 0. The molecule has 5 nitrogen and oxygen atoms in total. The average Bonchev–Trinajstić information content (AvgIpc) is 2.37. The Bertz CT molecular complexity index is 450. The Balaban J connectivity index is 0.00000162. The lowest BCUT2D eigenvalue weighted by Crippen LogP contribution is -2.24. The van der Waals surface area contributed by atoms with E-state index in [1.54, 1.807) is 19.2 Å². The minimum Gasteiger partial charge on any atom is -0.493 e. The Morgan fingerprint density at radius 2 is 2.17 bits per heavy atom. The number of nitrogens with two attached hydrogens (primary N) is 1. The van der Waals surface area contributed by atoms with E-state index in [2.05, 4.69) is 0 Å². The Morgan fingerprint density at radius 1 is 1.44 bits per heavy atom. The Kier molecular flexibility index (Phi) is 4.81. The molecule has 0 fully saturated rings. The van der Waals surface area contributed by atoms with Crippen molar-refractivity contribution in [1.29, 1.82) is 0 Å². The van der Waals surface area contributed by atoms with Crippen LogP contribution in [0.4, 0.5) is 0 Å². The van der Waals surface area contributed by atoms with Crippen LogP contribution in [-0.4, -0.2) is 26.8 Å². The SMILES string of the molecule is COC(=O)c1ccc(OC)c2c1[C@H](N)CCO2.Cl. The molecule has 0 amide bonds. The lowest BCUT2D eigenvalue weighted by atomic mass is 9.95. The van der Waals surface area contributed by atoms with Gasteiger partial charge in [-0.25, -0.2) is 4.79 Å². The number of halogens is 1. The maximum atomic E-state index is 11.7. The molecule has 1 heterocycles. The number of rotatable bonds is 2. The monoisotopic (exact) mass is 273 g/mol. The smallest absolute Gasteiger partial charge is 0.338 e. The molecule has 0 saturated carbocycles. The molecular formula is C12H16ClNO4. The van der Waals surface area contributed by atoms with E-state index in [0.29, 0.717) is 35.7 Å². The van der Waals surface area contributed by atoms with E-state index in [1.165, 1.54) is 7.11 Å². The van der Waals surface area contributed by atoms with Gasteiger partial charge in [0.15, 0.2) is 11.5 Å². The first kappa shape index (κ1) is 14.6. The van der Waals surface area contributed by atoms with Gasteiger partial charge in [-0.1, -0.05) is 0 Å². The van der Waals surface area contributed by atoms with Crippen LogP contribution >= 0.6 is 12.4 Å². The van der Waals surface area contributed by atoms with E-state index in [-0.39, 0.29) is 18.4 Å². The summed E-state index contributed by atoms with van der Waals surface area (Å²) in [6.07, 6.45) is 0.671. The summed E-state index contributed by atoms with van der Waals surface area (Å²) < 4.78 is 15.5. The van der Waals surface area contributed by atoms with Crippen molar-refractivity contribution in [3.8, 4) is 11.5 Å². The molecule has 0 bridgehead atoms. The summed E-state index contributed by atoms with van der Waals surface area (Å²) >= 11 is 0. The summed E-state index contributed by atoms with van der Waals surface area (Å²) in [7, 11) is 2.89. The number of carbonyl (C=O) groups is 1. The van der Waals surface area contributed by atoms with Crippen molar-refractivity contribution in [2.75, 3.05) is 20.8 Å². The molecule has 100 valence electrons. The van der Waals surface area contributed by atoms with E-state index in [1.807, 2.05) is 0 Å². The van der Waals surface area contributed by atoms with Crippen molar-refractivity contribution in [1.82, 2.24) is 0 Å². The van der Waals surface area contributed by atoms with Gasteiger partial charge in [0.05, 0.1) is 26.4 Å². The predicted molar refractivity (Wildman–Crippen MR) is 68.6 cm³/mol. The topological polar surface area (TPSA) is 70.8 Å². The number of hydrogen-bond acceptors (Lipinski definition) is 5. The van der Waals surface area contributed by atoms with Crippen LogP contribution < -0.4 is 15.2 Å². The highest BCUT2D eigenvalue weighted by Crippen LogP contribution is 2.40. The average molecular weight is 274 g/mol. The minimum atomic E-state index is -0.412. The molecule has 0 aromatic heterocycles. The van der Waals surface area contributed by atoms with Gasteiger partial charge >= 0.3 is 5.97 Å². The fourth-order valence-electron chi connectivity index (χ4n) is 1.98. The second kappa shape index (κ2) is 5.93. The molecule has 0 unspecified atom stereocenters. The Labute approximate surface area is 112 Å². The molecule has 2 N–H and O–H groups in total. The molecule has 18 heavy (non-hydrogen) atoms. The van der Waals surface area contributed by atoms with Gasteiger partial charge in [0.2, 0.25) is 0 Å². The molecule has 0 saturated heterocycles. The van der Waals surface area contributed by atoms with E-state index >= 15 is 0 Å². The molecule has 1 aromatic carbocycles. The number of hydrogen-bond donors (Lipinski definition) is 1. The van der Waals surface area contributed by atoms with Gasteiger partial charge in [0.1, 0.15) is 0 Å². The number of fused-ring (bicyclic) bond motifs is 1. The van der Waals surface area contributed by atoms with Crippen LogP contribution in [0.25, 0.3) is 0 Å². The highest BCUT2D eigenvalue weighted by Gasteiger charge is 2.28. The first-order valence-electron chi connectivity index (χ1n) is 5.36. The Morgan fingerprint density at radius 3 is 2.78 bits per heavy atom. The van der Waals surface area contributed by atoms with Gasteiger partial charge in [-0.05, 0) is 12.1 Å². The number of esters is 1. The zero-order valence-corrected chi connectivity index (χ0v) is 11.1. The third kappa shape index (κ3) is 2.37. The van der Waals surface area contributed by atoms with Crippen molar-refractivity contribution in [2.45, 2.75) is 12.5 Å². The van der Waals surface area contributed by atoms with Crippen molar-refractivity contribution >= 4 is 18.4 Å². The summed E-state index contributed by atoms with van der Waals surface area (Å²) in [5.74, 6) is 0.724. The summed E-state index contributed by atoms with van der Waals surface area (Å²) in [6, 6.07) is 3.10. The molecule has 1 atom stereocenters. The number of carbonyl (C=O) groups excluding carboxylic acids is 1. The molecule has 2 rings (SSSR count). The van der Waals surface area contributed by atoms with Crippen LogP contribution in [0.2, 0.25) is 0 Å². The molecule has 0 radical (unpaired) electrons. The van der Waals surface area contributed by atoms with Crippen molar-refractivity contribution < 1.29 is 19.0 Å². The van der Waals surface area contributed by atoms with Gasteiger partial charge in [-0.3, -0.25) is 0 Å². The Hall–Kier alpha value is -1.46. The lowest BCUT2D eigenvalue weighted by Gasteiger charge is -2.26. The molecule has 1 aliphatic heterocycles. The molecular weight excluding hydrogens is 258 g/mol. The van der Waals surface area contributed by atoms with E-state index < -0.39 is 5.97 Å². The van der Waals surface area contributed by atoms with E-state index in [9.17, 15) is 4.79 Å². The third-order valence-corrected chi connectivity index (χ3v) is 2.83. The van der Waals surface area contributed by atoms with Crippen molar-refractivity contribution in [3.05, 3.63) is 23.3 Å². The highest BCUT2D eigenvalue weighted by molar-refractivity contribution is 5.92. The standard InChI is InChI=1S/C12H15NO4.ClH/c1-15-9-4-3-7(12(14)16-2)10-8(13)5-6-17-11(9)10;/h3-4,8H,5-6,13H2,1-2H3;1H/t8-;/m1./s1. The maximum Gasteiger partial charge on any atom is 0.338 e. The number of methoxy groups -OCH3 is 2. The van der Waals surface area contributed by atoms with Crippen molar-refractivity contribution in [2.24, 2.45) is 5.73 Å². The van der Waals surface area contributed by atoms with E-state index in [0.717, 1.165) is 0 Å². The first-order valence-corrected chi connectivity index (χ1v) is 5.36. The summed E-state index contributed by atoms with van der Waals surface area (Å²) in [6.45, 7) is 0.523. The molecule has 0 aliphatic carbocycles. The summed E-state index contributed by atoms with van der Waals surface area (Å²) in [5, 5.41) is 0. The summed E-state index contributed by atoms with van der Waals surface area (Å²) in [4.78, 5) is 11.7.